The third kappa shape index (κ3) is 4.36. The van der Waals surface area contributed by atoms with E-state index in [9.17, 15) is 9.90 Å². The Hall–Kier alpha value is -2.34. The second-order valence-electron chi connectivity index (χ2n) is 8.69. The number of Topliss-reactive ketones (excluding diaryl/α,β-unsaturated/α-hetero) is 1. The van der Waals surface area contributed by atoms with Gasteiger partial charge in [0, 0.05) is 35.5 Å². The summed E-state index contributed by atoms with van der Waals surface area (Å²) in [4.78, 5) is 16.1. The van der Waals surface area contributed by atoms with Crippen LogP contribution in [0.25, 0.3) is 10.8 Å². The van der Waals surface area contributed by atoms with Gasteiger partial charge >= 0.3 is 0 Å². The first-order valence-electron chi connectivity index (χ1n) is 10.9. The Kier molecular flexibility index (Phi) is 6.37. The molecule has 1 aromatic heterocycles. The van der Waals surface area contributed by atoms with Gasteiger partial charge in [0.1, 0.15) is 18.0 Å². The van der Waals surface area contributed by atoms with Crippen molar-refractivity contribution in [2.75, 3.05) is 6.54 Å². The molecule has 1 saturated carbocycles. The van der Waals surface area contributed by atoms with E-state index in [0.717, 1.165) is 53.8 Å². The number of ketones is 1. The van der Waals surface area contributed by atoms with Crippen LogP contribution in [0.2, 0.25) is 0 Å². The minimum atomic E-state index is -0.583. The normalized spacial score (nSPS) is 25.3. The summed E-state index contributed by atoms with van der Waals surface area (Å²) in [7, 11) is 0. The van der Waals surface area contributed by atoms with Crippen LogP contribution < -0.4 is 10.1 Å². The van der Waals surface area contributed by atoms with E-state index in [-0.39, 0.29) is 36.3 Å². The van der Waals surface area contributed by atoms with Crippen LogP contribution in [-0.2, 0) is 6.42 Å². The Morgan fingerprint density at radius 2 is 1.90 bits per heavy atom. The third-order valence-corrected chi connectivity index (χ3v) is 6.60. The number of fused-ring (bicyclic) bond motifs is 2. The van der Waals surface area contributed by atoms with Crippen LogP contribution in [0.15, 0.2) is 48.5 Å². The Morgan fingerprint density at radius 1 is 1.10 bits per heavy atom. The fraction of sp³-hybridized carbons (Fsp3) is 0.400. The average molecular weight is 441 g/mol. The number of H-pyrrole nitrogens is 1. The van der Waals surface area contributed by atoms with Gasteiger partial charge < -0.3 is 20.1 Å². The van der Waals surface area contributed by atoms with Crippen LogP contribution in [0.4, 0.5) is 0 Å². The van der Waals surface area contributed by atoms with Crippen molar-refractivity contribution in [3.63, 3.8) is 0 Å². The van der Waals surface area contributed by atoms with Crippen molar-refractivity contribution in [2.24, 2.45) is 5.92 Å². The SMILES string of the molecule is Cc1cc2c([nH]1)CCC(CNC1CCC(Oc3ccc4ccccc4c3)C1O)C2=O.Cl. The van der Waals surface area contributed by atoms with Crippen LogP contribution in [-0.4, -0.2) is 40.7 Å². The number of aliphatic hydroxyl groups is 1. The monoisotopic (exact) mass is 440 g/mol. The van der Waals surface area contributed by atoms with Crippen LogP contribution in [0.1, 0.15) is 41.0 Å². The molecule has 1 fully saturated rings. The number of carbonyl (C=O) groups is 1. The number of aryl methyl sites for hydroxylation is 2. The Labute approximate surface area is 188 Å². The molecule has 3 aromatic rings. The number of aliphatic hydroxyl groups excluding tert-OH is 1. The molecular formula is C25H29ClN2O3. The maximum atomic E-state index is 12.8. The number of ether oxygens (including phenoxy) is 1. The van der Waals surface area contributed by atoms with E-state index in [0.29, 0.717) is 6.54 Å². The lowest BCUT2D eigenvalue weighted by Crippen LogP contribution is -2.44. The Morgan fingerprint density at radius 3 is 2.74 bits per heavy atom. The molecule has 164 valence electrons. The van der Waals surface area contributed by atoms with Crippen molar-refractivity contribution in [1.29, 1.82) is 0 Å². The molecule has 0 bridgehead atoms. The molecule has 2 aliphatic rings. The van der Waals surface area contributed by atoms with Gasteiger partial charge in [-0.15, -0.1) is 12.4 Å². The highest BCUT2D eigenvalue weighted by Gasteiger charge is 2.37. The van der Waals surface area contributed by atoms with Crippen molar-refractivity contribution in [3.8, 4) is 5.75 Å². The van der Waals surface area contributed by atoms with Gasteiger partial charge in [-0.05, 0) is 61.6 Å². The second kappa shape index (κ2) is 9.03. The molecule has 3 N–H and O–H groups in total. The van der Waals surface area contributed by atoms with Crippen molar-refractivity contribution in [1.82, 2.24) is 10.3 Å². The number of hydrogen-bond acceptors (Lipinski definition) is 4. The highest BCUT2D eigenvalue weighted by molar-refractivity contribution is 6.00. The van der Waals surface area contributed by atoms with E-state index in [4.69, 9.17) is 4.74 Å². The molecular weight excluding hydrogens is 412 g/mol. The predicted molar refractivity (Wildman–Crippen MR) is 124 cm³/mol. The molecule has 0 saturated heterocycles. The zero-order valence-corrected chi connectivity index (χ0v) is 18.5. The number of carbonyl (C=O) groups excluding carboxylic acids is 1. The number of hydrogen-bond donors (Lipinski definition) is 3. The van der Waals surface area contributed by atoms with Gasteiger partial charge in [-0.3, -0.25) is 4.79 Å². The standard InChI is InChI=1S/C25H28N2O3.ClH/c1-15-12-20-21(27-15)9-7-18(24(20)28)14-26-22-10-11-23(25(22)29)30-19-8-6-16-4-2-3-5-17(16)13-19;/h2-6,8,12-13,18,22-23,25-27,29H,7,9-11,14H2,1H3;1H. The molecule has 0 aliphatic heterocycles. The molecule has 4 unspecified atom stereocenters. The maximum absolute atomic E-state index is 12.8. The number of benzene rings is 2. The summed E-state index contributed by atoms with van der Waals surface area (Å²) in [5, 5.41) is 16.6. The zero-order chi connectivity index (χ0) is 20.7. The Balaban J connectivity index is 0.00000231. The van der Waals surface area contributed by atoms with E-state index in [2.05, 4.69) is 22.4 Å². The van der Waals surface area contributed by atoms with Gasteiger partial charge in [0.25, 0.3) is 0 Å². The van der Waals surface area contributed by atoms with Gasteiger partial charge in [-0.2, -0.15) is 0 Å². The molecule has 4 atom stereocenters. The second-order valence-corrected chi connectivity index (χ2v) is 8.69. The summed E-state index contributed by atoms with van der Waals surface area (Å²) in [5.74, 6) is 0.973. The number of nitrogens with one attached hydrogen (secondary N) is 2. The van der Waals surface area contributed by atoms with Crippen molar-refractivity contribution < 1.29 is 14.6 Å². The van der Waals surface area contributed by atoms with Crippen LogP contribution >= 0.6 is 12.4 Å². The van der Waals surface area contributed by atoms with Gasteiger partial charge in [-0.1, -0.05) is 30.3 Å². The topological polar surface area (TPSA) is 74.3 Å². The van der Waals surface area contributed by atoms with Gasteiger partial charge in [0.05, 0.1) is 0 Å². The Bertz CT molecular complexity index is 1080. The molecule has 0 spiro atoms. The number of halogens is 1. The lowest BCUT2D eigenvalue weighted by molar-refractivity contribution is 0.0442. The summed E-state index contributed by atoms with van der Waals surface area (Å²) in [6.07, 6.45) is 2.58. The summed E-state index contributed by atoms with van der Waals surface area (Å²) in [6, 6.07) is 16.1. The lowest BCUT2D eigenvalue weighted by Gasteiger charge is -2.25. The van der Waals surface area contributed by atoms with Crippen LogP contribution in [0, 0.1) is 12.8 Å². The molecule has 6 heteroatoms. The fourth-order valence-corrected chi connectivity index (χ4v) is 4.93. The maximum Gasteiger partial charge on any atom is 0.169 e. The first kappa shape index (κ1) is 21.9. The van der Waals surface area contributed by atoms with Gasteiger partial charge in [0.15, 0.2) is 5.78 Å². The third-order valence-electron chi connectivity index (χ3n) is 6.60. The fourth-order valence-electron chi connectivity index (χ4n) is 4.93. The molecule has 0 amide bonds. The van der Waals surface area contributed by atoms with Gasteiger partial charge in [0.2, 0.25) is 0 Å². The van der Waals surface area contributed by atoms with Gasteiger partial charge in [-0.25, -0.2) is 0 Å². The molecule has 0 radical (unpaired) electrons. The van der Waals surface area contributed by atoms with E-state index in [1.807, 2.05) is 43.3 Å². The molecule has 5 nitrogen and oxygen atoms in total. The van der Waals surface area contributed by atoms with E-state index >= 15 is 0 Å². The minimum absolute atomic E-state index is 0. The molecule has 5 rings (SSSR count). The highest BCUT2D eigenvalue weighted by atomic mass is 35.5. The van der Waals surface area contributed by atoms with Crippen LogP contribution in [0.5, 0.6) is 5.75 Å². The molecule has 2 aliphatic carbocycles. The summed E-state index contributed by atoms with van der Waals surface area (Å²) in [5.41, 5.74) is 2.95. The van der Waals surface area contributed by atoms with E-state index < -0.39 is 6.10 Å². The van der Waals surface area contributed by atoms with Crippen LogP contribution in [0.3, 0.4) is 0 Å². The first-order chi connectivity index (χ1) is 14.6. The average Bonchev–Trinajstić information content (AvgIpc) is 3.30. The molecule has 31 heavy (non-hydrogen) atoms. The smallest absolute Gasteiger partial charge is 0.169 e. The minimum Gasteiger partial charge on any atom is -0.488 e. The summed E-state index contributed by atoms with van der Waals surface area (Å²) in [6.45, 7) is 2.59. The predicted octanol–water partition coefficient (Wildman–Crippen LogP) is 4.20. The number of rotatable bonds is 5. The zero-order valence-electron chi connectivity index (χ0n) is 17.6. The molecule has 2 aromatic carbocycles. The van der Waals surface area contributed by atoms with Crippen molar-refractivity contribution >= 4 is 29.0 Å². The number of aromatic amines is 1. The van der Waals surface area contributed by atoms with E-state index in [1.165, 1.54) is 5.39 Å². The summed E-state index contributed by atoms with van der Waals surface area (Å²) >= 11 is 0. The largest absolute Gasteiger partial charge is 0.488 e. The quantitative estimate of drug-likeness (QED) is 0.555. The van der Waals surface area contributed by atoms with E-state index in [1.54, 1.807) is 0 Å². The number of aromatic nitrogens is 1. The lowest BCUT2D eigenvalue weighted by atomic mass is 9.86. The highest BCUT2D eigenvalue weighted by Crippen LogP contribution is 2.29. The molecule has 1 heterocycles. The summed E-state index contributed by atoms with van der Waals surface area (Å²) < 4.78 is 6.13. The van der Waals surface area contributed by atoms with Crippen molar-refractivity contribution in [3.05, 3.63) is 65.5 Å². The first-order valence-corrected chi connectivity index (χ1v) is 10.9. The van der Waals surface area contributed by atoms with Crippen molar-refractivity contribution in [2.45, 2.75) is 50.9 Å².